The molecule has 1 aromatic carbocycles. The van der Waals surface area contributed by atoms with Crippen LogP contribution in [0.15, 0.2) is 24.3 Å². The quantitative estimate of drug-likeness (QED) is 0.589. The van der Waals surface area contributed by atoms with E-state index >= 15 is 0 Å². The minimum Gasteiger partial charge on any atom is -0.469 e. The molecule has 3 heteroatoms. The third kappa shape index (κ3) is 4.45. The predicted molar refractivity (Wildman–Crippen MR) is 64.2 cm³/mol. The van der Waals surface area contributed by atoms with Crippen LogP contribution in [0.4, 0.5) is 0 Å². The second-order valence-corrected chi connectivity index (χ2v) is 3.75. The number of nitrogens with one attached hydrogen (secondary N) is 1. The summed E-state index contributed by atoms with van der Waals surface area (Å²) in [6, 6.07) is 8.03. The molecule has 1 N–H and O–H groups in total. The van der Waals surface area contributed by atoms with Gasteiger partial charge in [0.15, 0.2) is 0 Å². The Balaban J connectivity index is 2.44. The fraction of sp³-hybridized carbons (Fsp3) is 0.462. The molecule has 1 aromatic rings. The first-order valence-electron chi connectivity index (χ1n) is 5.61. The number of benzene rings is 1. The second-order valence-electron chi connectivity index (χ2n) is 3.75. The van der Waals surface area contributed by atoms with Crippen molar-refractivity contribution in [3.63, 3.8) is 0 Å². The average Bonchev–Trinajstić information content (AvgIpc) is 2.31. The van der Waals surface area contributed by atoms with Crippen LogP contribution >= 0.6 is 0 Å². The number of hydrogen-bond acceptors (Lipinski definition) is 3. The lowest BCUT2D eigenvalue weighted by Crippen LogP contribution is -2.13. The number of hydrogen-bond donors (Lipinski definition) is 1. The van der Waals surface area contributed by atoms with Crippen molar-refractivity contribution in [1.82, 2.24) is 5.32 Å². The smallest absolute Gasteiger partial charge is 0.309 e. The van der Waals surface area contributed by atoms with E-state index in [2.05, 4.69) is 17.0 Å². The Morgan fingerprint density at radius 2 is 1.88 bits per heavy atom. The third-order valence-electron chi connectivity index (χ3n) is 2.36. The van der Waals surface area contributed by atoms with E-state index in [0.717, 1.165) is 25.1 Å². The van der Waals surface area contributed by atoms with Crippen LogP contribution in [0.5, 0.6) is 0 Å². The van der Waals surface area contributed by atoms with Gasteiger partial charge in [-0.25, -0.2) is 0 Å². The first kappa shape index (κ1) is 12.7. The van der Waals surface area contributed by atoms with Crippen LogP contribution in [-0.2, 0) is 22.5 Å². The first-order valence-corrected chi connectivity index (χ1v) is 5.61. The molecule has 0 aliphatic carbocycles. The van der Waals surface area contributed by atoms with Crippen molar-refractivity contribution in [2.45, 2.75) is 26.3 Å². The van der Waals surface area contributed by atoms with E-state index in [4.69, 9.17) is 0 Å². The molecule has 0 bridgehead atoms. The van der Waals surface area contributed by atoms with Crippen LogP contribution in [0, 0.1) is 0 Å². The zero-order valence-corrected chi connectivity index (χ0v) is 9.95. The highest BCUT2D eigenvalue weighted by Gasteiger charge is 2.02. The van der Waals surface area contributed by atoms with E-state index < -0.39 is 0 Å². The summed E-state index contributed by atoms with van der Waals surface area (Å²) in [7, 11) is 1.41. The van der Waals surface area contributed by atoms with Crippen LogP contribution in [-0.4, -0.2) is 19.6 Å². The van der Waals surface area contributed by atoms with Crippen molar-refractivity contribution in [3.8, 4) is 0 Å². The standard InChI is InChI=1S/C13H19NO2/c1-3-8-14-10-12-6-4-11(5-7-12)9-13(15)16-2/h4-7,14H,3,8-10H2,1-2H3. The molecule has 0 amide bonds. The molecule has 0 saturated heterocycles. The number of carbonyl (C=O) groups excluding carboxylic acids is 1. The Bertz CT molecular complexity index is 319. The molecule has 0 heterocycles. The third-order valence-corrected chi connectivity index (χ3v) is 2.36. The highest BCUT2D eigenvalue weighted by molar-refractivity contribution is 5.72. The SMILES string of the molecule is CCCNCc1ccc(CC(=O)OC)cc1. The summed E-state index contributed by atoms with van der Waals surface area (Å²) in [6.07, 6.45) is 1.49. The average molecular weight is 221 g/mol. The maximum absolute atomic E-state index is 11.0. The lowest BCUT2D eigenvalue weighted by molar-refractivity contribution is -0.139. The summed E-state index contributed by atoms with van der Waals surface area (Å²) in [6.45, 7) is 4.06. The molecule has 0 unspecified atom stereocenters. The summed E-state index contributed by atoms with van der Waals surface area (Å²) in [5, 5.41) is 3.33. The zero-order chi connectivity index (χ0) is 11.8. The van der Waals surface area contributed by atoms with Crippen molar-refractivity contribution in [2.24, 2.45) is 0 Å². The van der Waals surface area contributed by atoms with E-state index in [0.29, 0.717) is 6.42 Å². The summed E-state index contributed by atoms with van der Waals surface area (Å²) >= 11 is 0. The lowest BCUT2D eigenvalue weighted by atomic mass is 10.1. The predicted octanol–water partition coefficient (Wildman–Crippen LogP) is 1.90. The molecule has 16 heavy (non-hydrogen) atoms. The number of esters is 1. The molecule has 0 saturated carbocycles. The molecule has 0 fully saturated rings. The van der Waals surface area contributed by atoms with Gasteiger partial charge in [-0.3, -0.25) is 4.79 Å². The van der Waals surface area contributed by atoms with Gasteiger partial charge in [0.2, 0.25) is 0 Å². The number of carbonyl (C=O) groups is 1. The Morgan fingerprint density at radius 1 is 1.25 bits per heavy atom. The first-order chi connectivity index (χ1) is 7.76. The van der Waals surface area contributed by atoms with Crippen LogP contribution in [0.2, 0.25) is 0 Å². The van der Waals surface area contributed by atoms with E-state index in [-0.39, 0.29) is 5.97 Å². The summed E-state index contributed by atoms with van der Waals surface area (Å²) in [5.74, 6) is -0.197. The van der Waals surface area contributed by atoms with Crippen LogP contribution < -0.4 is 5.32 Å². The van der Waals surface area contributed by atoms with E-state index in [1.165, 1.54) is 12.7 Å². The Morgan fingerprint density at radius 3 is 2.44 bits per heavy atom. The number of ether oxygens (including phenoxy) is 1. The van der Waals surface area contributed by atoms with Gasteiger partial charge in [0.05, 0.1) is 13.5 Å². The van der Waals surface area contributed by atoms with Crippen LogP contribution in [0.25, 0.3) is 0 Å². The molecule has 0 aliphatic heterocycles. The van der Waals surface area contributed by atoms with Gasteiger partial charge in [0.25, 0.3) is 0 Å². The molecule has 0 aromatic heterocycles. The number of methoxy groups -OCH3 is 1. The Labute approximate surface area is 96.8 Å². The Hall–Kier alpha value is -1.35. The largest absolute Gasteiger partial charge is 0.469 e. The van der Waals surface area contributed by atoms with Crippen LogP contribution in [0.1, 0.15) is 24.5 Å². The van der Waals surface area contributed by atoms with Crippen molar-refractivity contribution >= 4 is 5.97 Å². The van der Waals surface area contributed by atoms with Gasteiger partial charge in [-0.2, -0.15) is 0 Å². The molecule has 3 nitrogen and oxygen atoms in total. The van der Waals surface area contributed by atoms with E-state index in [1.807, 2.05) is 24.3 Å². The minimum absolute atomic E-state index is 0.197. The summed E-state index contributed by atoms with van der Waals surface area (Å²) in [5.41, 5.74) is 2.23. The maximum atomic E-state index is 11.0. The minimum atomic E-state index is -0.197. The Kier molecular flexibility index (Phi) is 5.57. The molecular weight excluding hydrogens is 202 g/mol. The maximum Gasteiger partial charge on any atom is 0.309 e. The highest BCUT2D eigenvalue weighted by Crippen LogP contribution is 2.05. The summed E-state index contributed by atoms with van der Waals surface area (Å²) in [4.78, 5) is 11.0. The zero-order valence-electron chi connectivity index (χ0n) is 9.95. The van der Waals surface area contributed by atoms with E-state index in [1.54, 1.807) is 0 Å². The van der Waals surface area contributed by atoms with Crippen molar-refractivity contribution < 1.29 is 9.53 Å². The molecular formula is C13H19NO2. The van der Waals surface area contributed by atoms with Gasteiger partial charge in [-0.05, 0) is 24.1 Å². The molecule has 0 atom stereocenters. The van der Waals surface area contributed by atoms with Gasteiger partial charge in [-0.15, -0.1) is 0 Å². The fourth-order valence-corrected chi connectivity index (χ4v) is 1.42. The highest BCUT2D eigenvalue weighted by atomic mass is 16.5. The molecule has 0 aliphatic rings. The normalized spacial score (nSPS) is 10.1. The van der Waals surface area contributed by atoms with Gasteiger partial charge >= 0.3 is 5.97 Å². The van der Waals surface area contributed by atoms with E-state index in [9.17, 15) is 4.79 Å². The summed E-state index contributed by atoms with van der Waals surface area (Å²) < 4.78 is 4.61. The number of rotatable bonds is 6. The molecule has 0 radical (unpaired) electrons. The monoisotopic (exact) mass is 221 g/mol. The van der Waals surface area contributed by atoms with Gasteiger partial charge in [0.1, 0.15) is 0 Å². The molecule has 0 spiro atoms. The lowest BCUT2D eigenvalue weighted by Gasteiger charge is -2.04. The van der Waals surface area contributed by atoms with Crippen molar-refractivity contribution in [1.29, 1.82) is 0 Å². The van der Waals surface area contributed by atoms with Crippen LogP contribution in [0.3, 0.4) is 0 Å². The van der Waals surface area contributed by atoms with Gasteiger partial charge in [0, 0.05) is 6.54 Å². The molecule has 1 rings (SSSR count). The fourth-order valence-electron chi connectivity index (χ4n) is 1.42. The molecule has 88 valence electrons. The second kappa shape index (κ2) is 7.01. The van der Waals surface area contributed by atoms with Crippen molar-refractivity contribution in [3.05, 3.63) is 35.4 Å². The topological polar surface area (TPSA) is 38.3 Å². The van der Waals surface area contributed by atoms with Crippen molar-refractivity contribution in [2.75, 3.05) is 13.7 Å². The van der Waals surface area contributed by atoms with Gasteiger partial charge in [-0.1, -0.05) is 31.2 Å². The van der Waals surface area contributed by atoms with Gasteiger partial charge < -0.3 is 10.1 Å².